The average Bonchev–Trinajstić information content (AvgIpc) is 2.62. The van der Waals surface area contributed by atoms with Gasteiger partial charge in [-0.1, -0.05) is 34.1 Å². The van der Waals surface area contributed by atoms with Crippen LogP contribution < -0.4 is 10.6 Å². The number of carbonyl (C=O) groups excluding carboxylic acids is 1. The lowest BCUT2D eigenvalue weighted by molar-refractivity contribution is -0.113. The molecule has 0 aliphatic carbocycles. The molecule has 0 saturated carbocycles. The van der Waals surface area contributed by atoms with Gasteiger partial charge >= 0.3 is 0 Å². The zero-order valence-corrected chi connectivity index (χ0v) is 15.2. The Hall–Kier alpha value is -2.62. The van der Waals surface area contributed by atoms with Gasteiger partial charge in [-0.2, -0.15) is 5.26 Å². The van der Waals surface area contributed by atoms with Gasteiger partial charge in [0.2, 0.25) is 5.91 Å². The standard InChI is InChI=1S/C18H12BrClN4O/c19-12-3-1-4-13(7-12)23-17-11(9-21)10-22-18-14(17)5-2-6-15(18)24-16(25)8-20/h1-7,10H,8H2,(H,22,23)(H,24,25). The summed E-state index contributed by atoms with van der Waals surface area (Å²) in [5.41, 5.74) is 3.00. The molecule has 5 nitrogen and oxygen atoms in total. The number of nitriles is 1. The van der Waals surface area contributed by atoms with E-state index in [-0.39, 0.29) is 11.8 Å². The van der Waals surface area contributed by atoms with Crippen molar-refractivity contribution in [2.45, 2.75) is 0 Å². The van der Waals surface area contributed by atoms with Gasteiger partial charge in [-0.15, -0.1) is 11.6 Å². The Labute approximate surface area is 157 Å². The topological polar surface area (TPSA) is 77.8 Å². The molecule has 25 heavy (non-hydrogen) atoms. The van der Waals surface area contributed by atoms with E-state index in [1.165, 1.54) is 6.20 Å². The number of para-hydroxylation sites is 1. The lowest BCUT2D eigenvalue weighted by Crippen LogP contribution is -2.13. The van der Waals surface area contributed by atoms with Gasteiger partial charge in [0.25, 0.3) is 0 Å². The van der Waals surface area contributed by atoms with Crippen molar-refractivity contribution >= 4 is 61.4 Å². The monoisotopic (exact) mass is 414 g/mol. The largest absolute Gasteiger partial charge is 0.354 e. The summed E-state index contributed by atoms with van der Waals surface area (Å²) in [7, 11) is 0. The summed E-state index contributed by atoms with van der Waals surface area (Å²) in [6.45, 7) is 0. The number of amides is 1. The number of aromatic nitrogens is 1. The maximum Gasteiger partial charge on any atom is 0.239 e. The number of alkyl halides is 1. The van der Waals surface area contributed by atoms with Gasteiger partial charge < -0.3 is 10.6 Å². The Morgan fingerprint density at radius 3 is 2.80 bits per heavy atom. The van der Waals surface area contributed by atoms with E-state index < -0.39 is 0 Å². The Morgan fingerprint density at radius 2 is 2.08 bits per heavy atom. The second kappa shape index (κ2) is 7.51. The number of nitrogens with zero attached hydrogens (tertiary/aromatic N) is 2. The quantitative estimate of drug-likeness (QED) is 0.601. The highest BCUT2D eigenvalue weighted by Crippen LogP contribution is 2.32. The molecular formula is C18H12BrClN4O. The molecule has 0 fully saturated rings. The van der Waals surface area contributed by atoms with E-state index in [4.69, 9.17) is 11.6 Å². The van der Waals surface area contributed by atoms with Crippen molar-refractivity contribution in [1.29, 1.82) is 5.26 Å². The second-order valence-corrected chi connectivity index (χ2v) is 6.36. The highest BCUT2D eigenvalue weighted by Gasteiger charge is 2.13. The van der Waals surface area contributed by atoms with Crippen LogP contribution >= 0.6 is 27.5 Å². The Kier molecular flexibility index (Phi) is 5.17. The molecule has 0 aliphatic rings. The number of halogens is 2. The van der Waals surface area contributed by atoms with E-state index in [1.54, 1.807) is 12.1 Å². The van der Waals surface area contributed by atoms with Crippen molar-refractivity contribution < 1.29 is 4.79 Å². The van der Waals surface area contributed by atoms with Crippen LogP contribution in [0.4, 0.5) is 17.1 Å². The third-order valence-corrected chi connectivity index (χ3v) is 4.24. The minimum Gasteiger partial charge on any atom is -0.354 e. The summed E-state index contributed by atoms with van der Waals surface area (Å²) in [4.78, 5) is 15.9. The Balaban J connectivity index is 2.14. The fraction of sp³-hybridized carbons (Fsp3) is 0.0556. The van der Waals surface area contributed by atoms with Crippen molar-refractivity contribution in [2.75, 3.05) is 16.5 Å². The first-order valence-electron chi connectivity index (χ1n) is 7.32. The van der Waals surface area contributed by atoms with E-state index >= 15 is 0 Å². The number of hydrogen-bond donors (Lipinski definition) is 2. The highest BCUT2D eigenvalue weighted by molar-refractivity contribution is 9.10. The van der Waals surface area contributed by atoms with Crippen LogP contribution in [-0.2, 0) is 4.79 Å². The summed E-state index contributed by atoms with van der Waals surface area (Å²) < 4.78 is 0.921. The number of hydrogen-bond acceptors (Lipinski definition) is 4. The first-order valence-corrected chi connectivity index (χ1v) is 8.65. The number of pyridine rings is 1. The molecule has 0 saturated heterocycles. The molecule has 0 unspecified atom stereocenters. The average molecular weight is 416 g/mol. The van der Waals surface area contributed by atoms with E-state index in [9.17, 15) is 10.1 Å². The molecule has 3 rings (SSSR count). The van der Waals surface area contributed by atoms with Crippen LogP contribution in [0.3, 0.4) is 0 Å². The van der Waals surface area contributed by atoms with Crippen LogP contribution in [-0.4, -0.2) is 16.8 Å². The molecule has 7 heteroatoms. The van der Waals surface area contributed by atoms with Crippen LogP contribution in [0.15, 0.2) is 53.1 Å². The van der Waals surface area contributed by atoms with Gasteiger partial charge in [-0.25, -0.2) is 0 Å². The minimum atomic E-state index is -0.318. The fourth-order valence-electron chi connectivity index (χ4n) is 2.44. The van der Waals surface area contributed by atoms with Crippen molar-refractivity contribution in [2.24, 2.45) is 0 Å². The number of benzene rings is 2. The summed E-state index contributed by atoms with van der Waals surface area (Å²) >= 11 is 8.99. The first-order chi connectivity index (χ1) is 12.1. The number of rotatable bonds is 4. The van der Waals surface area contributed by atoms with Crippen molar-refractivity contribution in [3.05, 3.63) is 58.7 Å². The van der Waals surface area contributed by atoms with E-state index in [2.05, 4.69) is 37.6 Å². The molecule has 1 amide bonds. The van der Waals surface area contributed by atoms with Crippen molar-refractivity contribution in [3.63, 3.8) is 0 Å². The van der Waals surface area contributed by atoms with Crippen LogP contribution in [0.25, 0.3) is 10.9 Å². The molecule has 0 radical (unpaired) electrons. The summed E-state index contributed by atoms with van der Waals surface area (Å²) in [5.74, 6) is -0.461. The molecule has 124 valence electrons. The maximum atomic E-state index is 11.6. The first kappa shape index (κ1) is 17.2. The predicted molar refractivity (Wildman–Crippen MR) is 103 cm³/mol. The molecule has 0 aliphatic heterocycles. The molecule has 0 spiro atoms. The zero-order valence-electron chi connectivity index (χ0n) is 12.9. The lowest BCUT2D eigenvalue weighted by atomic mass is 10.1. The fourth-order valence-corrected chi connectivity index (χ4v) is 2.90. The SMILES string of the molecule is N#Cc1cnc2c(NC(=O)CCl)cccc2c1Nc1cccc(Br)c1. The summed E-state index contributed by atoms with van der Waals surface area (Å²) in [6.07, 6.45) is 1.49. The number of anilines is 3. The molecule has 0 atom stereocenters. The van der Waals surface area contributed by atoms with Gasteiger partial charge in [0.15, 0.2) is 0 Å². The predicted octanol–water partition coefficient (Wildman–Crippen LogP) is 4.79. The molecule has 3 aromatic rings. The van der Waals surface area contributed by atoms with Gasteiger partial charge in [-0.05, 0) is 24.3 Å². The molecule has 1 aromatic heterocycles. The maximum absolute atomic E-state index is 11.6. The third-order valence-electron chi connectivity index (χ3n) is 3.51. The van der Waals surface area contributed by atoms with E-state index in [0.717, 1.165) is 15.5 Å². The normalized spacial score (nSPS) is 10.3. The van der Waals surface area contributed by atoms with Crippen LogP contribution in [0, 0.1) is 11.3 Å². The Morgan fingerprint density at radius 1 is 1.28 bits per heavy atom. The van der Waals surface area contributed by atoms with Gasteiger partial charge in [-0.3, -0.25) is 9.78 Å². The molecule has 2 aromatic carbocycles. The van der Waals surface area contributed by atoms with E-state index in [1.807, 2.05) is 30.3 Å². The van der Waals surface area contributed by atoms with Crippen LogP contribution in [0.1, 0.15) is 5.56 Å². The van der Waals surface area contributed by atoms with Gasteiger partial charge in [0.1, 0.15) is 11.9 Å². The van der Waals surface area contributed by atoms with E-state index in [0.29, 0.717) is 22.5 Å². The van der Waals surface area contributed by atoms with Gasteiger partial charge in [0, 0.05) is 21.7 Å². The molecular weight excluding hydrogens is 404 g/mol. The summed E-state index contributed by atoms with van der Waals surface area (Å²) in [6, 6.07) is 15.2. The third kappa shape index (κ3) is 3.73. The second-order valence-electron chi connectivity index (χ2n) is 5.18. The highest BCUT2D eigenvalue weighted by atomic mass is 79.9. The number of fused-ring (bicyclic) bond motifs is 1. The molecule has 1 heterocycles. The number of nitrogens with one attached hydrogen (secondary N) is 2. The minimum absolute atomic E-state index is 0.143. The van der Waals surface area contributed by atoms with Crippen LogP contribution in [0.5, 0.6) is 0 Å². The number of carbonyl (C=O) groups is 1. The van der Waals surface area contributed by atoms with Crippen molar-refractivity contribution in [3.8, 4) is 6.07 Å². The molecule has 2 N–H and O–H groups in total. The lowest BCUT2D eigenvalue weighted by Gasteiger charge is -2.14. The zero-order chi connectivity index (χ0) is 17.8. The smallest absolute Gasteiger partial charge is 0.239 e. The Bertz CT molecular complexity index is 1000. The summed E-state index contributed by atoms with van der Waals surface area (Å²) in [5, 5.41) is 16.2. The van der Waals surface area contributed by atoms with Gasteiger partial charge in [0.05, 0.1) is 22.5 Å². The van der Waals surface area contributed by atoms with Crippen molar-refractivity contribution in [1.82, 2.24) is 4.98 Å². The van der Waals surface area contributed by atoms with Crippen LogP contribution in [0.2, 0.25) is 0 Å². The molecule has 0 bridgehead atoms.